The highest BCUT2D eigenvalue weighted by atomic mass is 35.5. The fraction of sp³-hybridized carbons (Fsp3) is 0.308. The minimum Gasteiger partial charge on any atom is -0.495 e. The fourth-order valence-corrected chi connectivity index (χ4v) is 2.33. The molecule has 0 aliphatic heterocycles. The summed E-state index contributed by atoms with van der Waals surface area (Å²) in [5.41, 5.74) is 9.86. The van der Waals surface area contributed by atoms with Crippen LogP contribution in [0.1, 0.15) is 11.1 Å². The Morgan fingerprint density at radius 2 is 2.00 bits per heavy atom. The van der Waals surface area contributed by atoms with Crippen LogP contribution in [0.4, 0.5) is 5.82 Å². The molecule has 1 aromatic carbocycles. The maximum absolute atomic E-state index is 6.18. The van der Waals surface area contributed by atoms with E-state index in [9.17, 15) is 0 Å². The summed E-state index contributed by atoms with van der Waals surface area (Å²) in [5.74, 6) is 1.21. The monoisotopic (exact) mass is 265 g/mol. The number of rotatable bonds is 2. The Morgan fingerprint density at radius 3 is 2.50 bits per heavy atom. The molecule has 0 unspecified atom stereocenters. The van der Waals surface area contributed by atoms with Crippen LogP contribution in [0, 0.1) is 13.8 Å². The average Bonchev–Trinajstić information content (AvgIpc) is 2.56. The number of nitrogen functional groups attached to an aromatic ring is 1. The Kier molecular flexibility index (Phi) is 3.22. The van der Waals surface area contributed by atoms with Gasteiger partial charge < -0.3 is 10.5 Å². The molecule has 2 rings (SSSR count). The van der Waals surface area contributed by atoms with E-state index in [1.807, 2.05) is 33.0 Å². The van der Waals surface area contributed by atoms with Crippen molar-refractivity contribution in [3.63, 3.8) is 0 Å². The summed E-state index contributed by atoms with van der Waals surface area (Å²) in [6.45, 7) is 3.96. The molecule has 0 atom stereocenters. The Labute approximate surface area is 111 Å². The molecule has 0 fully saturated rings. The molecule has 1 aromatic heterocycles. The third kappa shape index (κ3) is 1.93. The Bertz CT molecular complexity index is 605. The van der Waals surface area contributed by atoms with E-state index in [-0.39, 0.29) is 0 Å². The van der Waals surface area contributed by atoms with Crippen molar-refractivity contribution >= 4 is 17.4 Å². The first kappa shape index (κ1) is 12.8. The first-order valence-electron chi connectivity index (χ1n) is 5.59. The number of nitrogens with zero attached hydrogens (tertiary/aromatic N) is 2. The van der Waals surface area contributed by atoms with Gasteiger partial charge in [0.15, 0.2) is 0 Å². The summed E-state index contributed by atoms with van der Waals surface area (Å²) in [4.78, 5) is 0. The summed E-state index contributed by atoms with van der Waals surface area (Å²) in [5, 5.41) is 4.80. The molecule has 0 radical (unpaired) electrons. The lowest BCUT2D eigenvalue weighted by atomic mass is 10.0. The van der Waals surface area contributed by atoms with Crippen molar-refractivity contribution in [2.75, 3.05) is 12.8 Å². The van der Waals surface area contributed by atoms with Crippen molar-refractivity contribution in [2.45, 2.75) is 13.8 Å². The van der Waals surface area contributed by atoms with Crippen LogP contribution in [0.15, 0.2) is 12.1 Å². The SMILES string of the molecule is COc1cc(C)c(-c2c(C)c(N)nn2C)cc1Cl. The maximum Gasteiger partial charge on any atom is 0.148 e. The molecule has 0 amide bonds. The number of nitrogens with two attached hydrogens (primary N) is 1. The van der Waals surface area contributed by atoms with E-state index < -0.39 is 0 Å². The predicted molar refractivity (Wildman–Crippen MR) is 74.1 cm³/mol. The van der Waals surface area contributed by atoms with Crippen LogP contribution in [0.5, 0.6) is 5.75 Å². The highest BCUT2D eigenvalue weighted by Gasteiger charge is 2.16. The van der Waals surface area contributed by atoms with Crippen LogP contribution in [-0.4, -0.2) is 16.9 Å². The number of ether oxygens (including phenoxy) is 1. The standard InChI is InChI=1S/C13H16ClN3O/c1-7-5-11(18-4)10(14)6-9(7)12-8(2)13(15)16-17(12)3/h5-6H,1-4H3,(H2,15,16). The van der Waals surface area contributed by atoms with Crippen molar-refractivity contribution < 1.29 is 4.74 Å². The normalized spacial score (nSPS) is 10.7. The molecule has 0 aliphatic carbocycles. The Morgan fingerprint density at radius 1 is 1.33 bits per heavy atom. The molecule has 0 saturated carbocycles. The highest BCUT2D eigenvalue weighted by Crippen LogP contribution is 2.35. The summed E-state index contributed by atoms with van der Waals surface area (Å²) in [6.07, 6.45) is 0. The van der Waals surface area contributed by atoms with E-state index >= 15 is 0 Å². The van der Waals surface area contributed by atoms with E-state index in [4.69, 9.17) is 22.1 Å². The van der Waals surface area contributed by atoms with Crippen LogP contribution in [0.2, 0.25) is 5.02 Å². The van der Waals surface area contributed by atoms with Crippen LogP contribution >= 0.6 is 11.6 Å². The van der Waals surface area contributed by atoms with Gasteiger partial charge in [0.1, 0.15) is 11.6 Å². The first-order valence-corrected chi connectivity index (χ1v) is 5.97. The molecule has 0 aliphatic rings. The minimum atomic E-state index is 0.541. The van der Waals surface area contributed by atoms with Gasteiger partial charge in [-0.15, -0.1) is 0 Å². The lowest BCUT2D eigenvalue weighted by Gasteiger charge is -2.11. The number of aromatic nitrogens is 2. The van der Waals surface area contributed by atoms with Crippen molar-refractivity contribution in [3.05, 3.63) is 28.3 Å². The quantitative estimate of drug-likeness (QED) is 0.908. The van der Waals surface area contributed by atoms with Crippen molar-refractivity contribution in [2.24, 2.45) is 7.05 Å². The first-order chi connectivity index (χ1) is 8.45. The molecule has 96 valence electrons. The number of hydrogen-bond acceptors (Lipinski definition) is 3. The van der Waals surface area contributed by atoms with E-state index in [0.29, 0.717) is 16.6 Å². The largest absolute Gasteiger partial charge is 0.495 e. The van der Waals surface area contributed by atoms with Crippen LogP contribution in [-0.2, 0) is 7.05 Å². The van der Waals surface area contributed by atoms with Gasteiger partial charge in [-0.25, -0.2) is 0 Å². The number of anilines is 1. The van der Waals surface area contributed by atoms with Gasteiger partial charge in [-0.3, -0.25) is 4.68 Å². The van der Waals surface area contributed by atoms with Crippen molar-refractivity contribution in [1.82, 2.24) is 9.78 Å². The topological polar surface area (TPSA) is 53.1 Å². The Hall–Kier alpha value is -1.68. The maximum atomic E-state index is 6.18. The molecule has 5 heteroatoms. The number of aryl methyl sites for hydroxylation is 2. The van der Waals surface area contributed by atoms with E-state index in [2.05, 4.69) is 5.10 Å². The number of hydrogen-bond donors (Lipinski definition) is 1. The van der Waals surface area contributed by atoms with Gasteiger partial charge >= 0.3 is 0 Å². The lowest BCUT2D eigenvalue weighted by Crippen LogP contribution is -1.97. The van der Waals surface area contributed by atoms with E-state index in [1.165, 1.54) is 0 Å². The van der Waals surface area contributed by atoms with Crippen LogP contribution < -0.4 is 10.5 Å². The molecular weight excluding hydrogens is 250 g/mol. The number of halogens is 1. The number of methoxy groups -OCH3 is 1. The third-order valence-corrected chi connectivity index (χ3v) is 3.37. The molecule has 18 heavy (non-hydrogen) atoms. The van der Waals surface area contributed by atoms with Gasteiger partial charge in [0.25, 0.3) is 0 Å². The summed E-state index contributed by atoms with van der Waals surface area (Å²) in [7, 11) is 3.48. The van der Waals surface area contributed by atoms with Crippen LogP contribution in [0.25, 0.3) is 11.3 Å². The molecule has 2 N–H and O–H groups in total. The summed E-state index contributed by atoms with van der Waals surface area (Å²) in [6, 6.07) is 3.81. The molecule has 0 saturated heterocycles. The third-order valence-electron chi connectivity index (χ3n) is 3.07. The smallest absolute Gasteiger partial charge is 0.148 e. The van der Waals surface area contributed by atoms with Crippen molar-refractivity contribution in [3.8, 4) is 17.0 Å². The highest BCUT2D eigenvalue weighted by molar-refractivity contribution is 6.32. The molecule has 1 heterocycles. The molecular formula is C13H16ClN3O. The number of benzene rings is 1. The lowest BCUT2D eigenvalue weighted by molar-refractivity contribution is 0.415. The zero-order valence-corrected chi connectivity index (χ0v) is 11.7. The van der Waals surface area contributed by atoms with Gasteiger partial charge in [0, 0.05) is 18.2 Å². The van der Waals surface area contributed by atoms with E-state index in [0.717, 1.165) is 22.4 Å². The summed E-state index contributed by atoms with van der Waals surface area (Å²) >= 11 is 6.18. The fourth-order valence-electron chi connectivity index (χ4n) is 2.09. The second-order valence-corrected chi connectivity index (χ2v) is 4.69. The van der Waals surface area contributed by atoms with E-state index in [1.54, 1.807) is 11.8 Å². The van der Waals surface area contributed by atoms with Gasteiger partial charge in [0.05, 0.1) is 17.8 Å². The zero-order chi connectivity index (χ0) is 13.4. The zero-order valence-electron chi connectivity index (χ0n) is 10.9. The molecule has 0 spiro atoms. The van der Waals surface area contributed by atoms with Gasteiger partial charge in [0.2, 0.25) is 0 Å². The molecule has 0 bridgehead atoms. The molecule has 2 aromatic rings. The van der Waals surface area contributed by atoms with Gasteiger partial charge in [-0.2, -0.15) is 5.10 Å². The second-order valence-electron chi connectivity index (χ2n) is 4.28. The minimum absolute atomic E-state index is 0.541. The molecule has 4 nitrogen and oxygen atoms in total. The second kappa shape index (κ2) is 4.53. The summed E-state index contributed by atoms with van der Waals surface area (Å²) < 4.78 is 6.98. The van der Waals surface area contributed by atoms with Crippen molar-refractivity contribution in [1.29, 1.82) is 0 Å². The van der Waals surface area contributed by atoms with Gasteiger partial charge in [-0.05, 0) is 31.5 Å². The Balaban J connectivity index is 2.68. The van der Waals surface area contributed by atoms with Crippen LogP contribution in [0.3, 0.4) is 0 Å². The predicted octanol–water partition coefficient (Wildman–Crippen LogP) is 2.95. The average molecular weight is 266 g/mol. The van der Waals surface area contributed by atoms with Gasteiger partial charge in [-0.1, -0.05) is 11.6 Å².